The summed E-state index contributed by atoms with van der Waals surface area (Å²) in [7, 11) is 4.15. The van der Waals surface area contributed by atoms with Crippen LogP contribution in [0.1, 0.15) is 54.1 Å². The van der Waals surface area contributed by atoms with E-state index >= 15 is 0 Å². The minimum Gasteiger partial charge on any atom is -0.356 e. The molecule has 1 atom stereocenters. The number of nitrogens with one attached hydrogen (secondary N) is 1. The summed E-state index contributed by atoms with van der Waals surface area (Å²) < 4.78 is 14.2. The molecule has 4 aromatic rings. The van der Waals surface area contributed by atoms with Crippen LogP contribution in [0.4, 0.5) is 4.39 Å². The summed E-state index contributed by atoms with van der Waals surface area (Å²) >= 11 is 6.37. The molecule has 1 saturated carbocycles. The topological polar surface area (TPSA) is 39.3 Å². The van der Waals surface area contributed by atoms with E-state index in [1.807, 2.05) is 36.4 Å². The fourth-order valence-corrected chi connectivity index (χ4v) is 7.45. The van der Waals surface area contributed by atoms with E-state index in [2.05, 4.69) is 53.1 Å². The van der Waals surface area contributed by atoms with E-state index in [4.69, 9.17) is 11.6 Å². The van der Waals surface area contributed by atoms with Gasteiger partial charge >= 0.3 is 0 Å². The molecule has 1 N–H and O–H groups in total. The van der Waals surface area contributed by atoms with Gasteiger partial charge < -0.3 is 14.8 Å². The van der Waals surface area contributed by atoms with Crippen molar-refractivity contribution in [2.24, 2.45) is 5.92 Å². The number of rotatable bonds is 5. The van der Waals surface area contributed by atoms with Gasteiger partial charge in [0, 0.05) is 40.3 Å². The summed E-state index contributed by atoms with van der Waals surface area (Å²) in [4.78, 5) is 22.0. The lowest BCUT2D eigenvalue weighted by atomic mass is 9.68. The van der Waals surface area contributed by atoms with Gasteiger partial charge in [-0.15, -0.1) is 0 Å². The molecule has 6 heteroatoms. The van der Waals surface area contributed by atoms with E-state index in [9.17, 15) is 9.18 Å². The SMILES string of the molecule is CN(C)C(c1cccc(F)c1)C1CCC2(CC1)c1[nH]c3ccccc3c1CCN2C(=O)C=Cc1ccccc1Cl. The molecule has 1 aromatic heterocycles. The highest BCUT2D eigenvalue weighted by molar-refractivity contribution is 6.32. The van der Waals surface area contributed by atoms with Crippen LogP contribution in [0.2, 0.25) is 5.02 Å². The maximum absolute atomic E-state index is 14.2. The van der Waals surface area contributed by atoms with Gasteiger partial charge in [0.2, 0.25) is 5.91 Å². The number of para-hydroxylation sites is 1. The lowest BCUT2D eigenvalue weighted by Gasteiger charge is -2.51. The van der Waals surface area contributed by atoms with Gasteiger partial charge in [-0.25, -0.2) is 4.39 Å². The van der Waals surface area contributed by atoms with Crippen molar-refractivity contribution in [3.63, 3.8) is 0 Å². The van der Waals surface area contributed by atoms with E-state index in [0.717, 1.165) is 48.7 Å². The third-order valence-electron chi connectivity index (χ3n) is 9.01. The molecule has 206 valence electrons. The Morgan fingerprint density at radius 2 is 1.82 bits per heavy atom. The fraction of sp³-hybridized carbons (Fsp3) is 0.324. The first-order chi connectivity index (χ1) is 19.4. The normalized spacial score (nSPS) is 21.8. The molecule has 1 amide bonds. The van der Waals surface area contributed by atoms with E-state index in [1.54, 1.807) is 18.2 Å². The summed E-state index contributed by atoms with van der Waals surface area (Å²) in [5.41, 5.74) is 5.08. The molecular formula is C34H35ClFN3O. The molecule has 1 fully saturated rings. The van der Waals surface area contributed by atoms with E-state index in [1.165, 1.54) is 22.7 Å². The summed E-state index contributed by atoms with van der Waals surface area (Å²) in [6.07, 6.45) is 7.90. The molecule has 3 aromatic carbocycles. The zero-order valence-corrected chi connectivity index (χ0v) is 23.8. The number of benzene rings is 3. The van der Waals surface area contributed by atoms with Crippen LogP contribution >= 0.6 is 11.6 Å². The third kappa shape index (κ3) is 4.76. The highest BCUT2D eigenvalue weighted by Gasteiger charge is 2.49. The Kier molecular flexibility index (Phi) is 7.28. The standard InChI is InChI=1S/C34H35ClFN3O/c1-38(2)32(25-9-7-10-26(36)22-25)24-16-19-34(20-17-24)33-28(27-11-4-6-13-30(27)37-33)18-21-39(34)31(40)15-14-23-8-3-5-12-29(23)35/h3-15,22,24,32,37H,16-21H2,1-2H3. The fourth-order valence-electron chi connectivity index (χ4n) is 7.25. The smallest absolute Gasteiger partial charge is 0.247 e. The van der Waals surface area contributed by atoms with Gasteiger partial charge in [0.25, 0.3) is 0 Å². The molecule has 1 unspecified atom stereocenters. The second-order valence-corrected chi connectivity index (χ2v) is 11.9. The van der Waals surface area contributed by atoms with Crippen molar-refractivity contribution in [2.75, 3.05) is 20.6 Å². The highest BCUT2D eigenvalue weighted by Crippen LogP contribution is 2.51. The maximum Gasteiger partial charge on any atom is 0.247 e. The maximum atomic E-state index is 14.2. The van der Waals surface area contributed by atoms with E-state index in [-0.39, 0.29) is 17.8 Å². The first kappa shape index (κ1) is 26.8. The monoisotopic (exact) mass is 555 g/mol. The number of hydrogen-bond donors (Lipinski definition) is 1. The molecule has 1 aliphatic heterocycles. The van der Waals surface area contributed by atoms with Crippen molar-refractivity contribution in [2.45, 2.75) is 43.7 Å². The van der Waals surface area contributed by atoms with Gasteiger partial charge in [0.1, 0.15) is 5.82 Å². The van der Waals surface area contributed by atoms with Crippen molar-refractivity contribution >= 4 is 34.5 Å². The Balaban J connectivity index is 1.35. The number of hydrogen-bond acceptors (Lipinski definition) is 2. The number of fused-ring (bicyclic) bond motifs is 4. The number of aromatic amines is 1. The highest BCUT2D eigenvalue weighted by atomic mass is 35.5. The number of nitrogens with zero attached hydrogens (tertiary/aromatic N) is 2. The van der Waals surface area contributed by atoms with E-state index < -0.39 is 5.54 Å². The molecular weight excluding hydrogens is 521 g/mol. The molecule has 0 saturated heterocycles. The lowest BCUT2D eigenvalue weighted by molar-refractivity contribution is -0.136. The second-order valence-electron chi connectivity index (χ2n) is 11.5. The first-order valence-corrected chi connectivity index (χ1v) is 14.5. The van der Waals surface area contributed by atoms with Gasteiger partial charge in [-0.05, 0) is 99.1 Å². The van der Waals surface area contributed by atoms with Crippen LogP contribution < -0.4 is 0 Å². The third-order valence-corrected chi connectivity index (χ3v) is 9.35. The van der Waals surface area contributed by atoms with Gasteiger partial charge in [0.15, 0.2) is 0 Å². The molecule has 0 bridgehead atoms. The Labute approximate surface area is 240 Å². The Hall–Kier alpha value is -3.41. The zero-order valence-electron chi connectivity index (χ0n) is 23.0. The van der Waals surface area contributed by atoms with Gasteiger partial charge in [-0.2, -0.15) is 0 Å². The quantitative estimate of drug-likeness (QED) is 0.256. The largest absolute Gasteiger partial charge is 0.356 e. The van der Waals surface area contributed by atoms with Crippen LogP contribution in [0, 0.1) is 11.7 Å². The molecule has 1 aliphatic carbocycles. The van der Waals surface area contributed by atoms with Crippen molar-refractivity contribution in [3.05, 3.63) is 112 Å². The van der Waals surface area contributed by atoms with Crippen LogP contribution in [-0.2, 0) is 16.8 Å². The average molecular weight is 556 g/mol. The van der Waals surface area contributed by atoms with Crippen molar-refractivity contribution < 1.29 is 9.18 Å². The number of carbonyl (C=O) groups excluding carboxylic acids is 1. The summed E-state index contributed by atoms with van der Waals surface area (Å²) in [5, 5.41) is 1.88. The summed E-state index contributed by atoms with van der Waals surface area (Å²) in [6, 6.07) is 23.2. The molecule has 40 heavy (non-hydrogen) atoms. The second kappa shape index (κ2) is 10.9. The van der Waals surface area contributed by atoms with Crippen molar-refractivity contribution in [3.8, 4) is 0 Å². The predicted octanol–water partition coefficient (Wildman–Crippen LogP) is 7.75. The van der Waals surface area contributed by atoms with E-state index in [0.29, 0.717) is 17.5 Å². The lowest BCUT2D eigenvalue weighted by Crippen LogP contribution is -2.55. The number of halogens is 2. The Morgan fingerprint density at radius 1 is 1.07 bits per heavy atom. The molecule has 0 radical (unpaired) electrons. The Morgan fingerprint density at radius 3 is 2.58 bits per heavy atom. The minimum absolute atomic E-state index is 0.0111. The molecule has 4 nitrogen and oxygen atoms in total. The summed E-state index contributed by atoms with van der Waals surface area (Å²) in [5.74, 6) is 0.165. The number of aromatic nitrogens is 1. The van der Waals surface area contributed by atoms with Crippen molar-refractivity contribution in [1.82, 2.24) is 14.8 Å². The van der Waals surface area contributed by atoms with Crippen LogP contribution in [0.15, 0.2) is 78.9 Å². The minimum atomic E-state index is -0.413. The molecule has 2 heterocycles. The summed E-state index contributed by atoms with van der Waals surface area (Å²) in [6.45, 7) is 0.673. The Bertz CT molecular complexity index is 1570. The number of carbonyl (C=O) groups is 1. The van der Waals surface area contributed by atoms with Crippen LogP contribution in [-0.4, -0.2) is 41.3 Å². The zero-order chi connectivity index (χ0) is 27.9. The first-order valence-electron chi connectivity index (χ1n) is 14.1. The van der Waals surface area contributed by atoms with Crippen LogP contribution in [0.5, 0.6) is 0 Å². The predicted molar refractivity (Wildman–Crippen MR) is 161 cm³/mol. The molecule has 2 aliphatic rings. The van der Waals surface area contributed by atoms with Gasteiger partial charge in [-0.3, -0.25) is 4.79 Å². The van der Waals surface area contributed by atoms with Gasteiger partial charge in [0.05, 0.1) is 5.54 Å². The van der Waals surface area contributed by atoms with Crippen LogP contribution in [0.3, 0.4) is 0 Å². The number of amides is 1. The molecule has 1 spiro atoms. The van der Waals surface area contributed by atoms with Crippen molar-refractivity contribution in [1.29, 1.82) is 0 Å². The average Bonchev–Trinajstić information content (AvgIpc) is 3.34. The van der Waals surface area contributed by atoms with Crippen LogP contribution in [0.25, 0.3) is 17.0 Å². The number of H-pyrrole nitrogens is 1. The molecule has 6 rings (SSSR count). The van der Waals surface area contributed by atoms with Gasteiger partial charge in [-0.1, -0.05) is 60.1 Å².